The topological polar surface area (TPSA) is 84.5 Å². The summed E-state index contributed by atoms with van der Waals surface area (Å²) in [6.45, 7) is 1.93. The molecule has 2 amide bonds. The highest BCUT2D eigenvalue weighted by Crippen LogP contribution is 2.23. The van der Waals surface area contributed by atoms with Crippen LogP contribution >= 0.6 is 0 Å². The number of hydrazine groups is 1. The van der Waals surface area contributed by atoms with Crippen LogP contribution in [-0.4, -0.2) is 24.4 Å². The zero-order chi connectivity index (χ0) is 14.1. The van der Waals surface area contributed by atoms with Crippen molar-refractivity contribution in [2.45, 2.75) is 39.0 Å². The summed E-state index contributed by atoms with van der Waals surface area (Å²) in [5.41, 5.74) is 4.61. The molecule has 0 aromatic heterocycles. The first-order valence-electron chi connectivity index (χ1n) is 6.58. The molecule has 0 saturated heterocycles. The molecule has 0 aromatic rings. The third-order valence-electron chi connectivity index (χ3n) is 2.94. The molecular formula is C13H20N2O4. The Balaban J connectivity index is 2.25. The normalized spacial score (nSPS) is 16.1. The molecule has 0 radical (unpaired) electrons. The molecule has 0 bridgehead atoms. The van der Waals surface area contributed by atoms with E-state index in [0.717, 1.165) is 37.8 Å². The first-order chi connectivity index (χ1) is 9.13. The smallest absolute Gasteiger partial charge is 0.330 e. The molecule has 1 aliphatic carbocycles. The van der Waals surface area contributed by atoms with Crippen molar-refractivity contribution in [1.29, 1.82) is 0 Å². The Morgan fingerprint density at radius 2 is 1.79 bits per heavy atom. The number of esters is 1. The molecule has 0 aromatic carbocycles. The maximum absolute atomic E-state index is 11.7. The highest BCUT2D eigenvalue weighted by molar-refractivity contribution is 5.95. The van der Waals surface area contributed by atoms with Crippen molar-refractivity contribution in [1.82, 2.24) is 10.9 Å². The van der Waals surface area contributed by atoms with Crippen LogP contribution in [0.1, 0.15) is 39.0 Å². The van der Waals surface area contributed by atoms with E-state index in [1.54, 1.807) is 6.92 Å². The molecule has 6 nitrogen and oxygen atoms in total. The molecule has 19 heavy (non-hydrogen) atoms. The first kappa shape index (κ1) is 15.2. The van der Waals surface area contributed by atoms with Gasteiger partial charge in [0.15, 0.2) is 0 Å². The van der Waals surface area contributed by atoms with E-state index in [0.29, 0.717) is 0 Å². The van der Waals surface area contributed by atoms with Gasteiger partial charge in [0, 0.05) is 18.1 Å². The molecule has 1 rings (SSSR count). The Labute approximate surface area is 112 Å². The van der Waals surface area contributed by atoms with E-state index < -0.39 is 11.9 Å². The number of carbonyl (C=O) groups is 3. The molecule has 6 heteroatoms. The maximum Gasteiger partial charge on any atom is 0.330 e. The largest absolute Gasteiger partial charge is 0.463 e. The van der Waals surface area contributed by atoms with Gasteiger partial charge in [-0.05, 0) is 19.8 Å². The first-order valence-corrected chi connectivity index (χ1v) is 6.58. The van der Waals surface area contributed by atoms with Crippen LogP contribution in [0.3, 0.4) is 0 Å². The number of amides is 2. The van der Waals surface area contributed by atoms with Crippen molar-refractivity contribution in [2.75, 3.05) is 6.61 Å². The van der Waals surface area contributed by atoms with Gasteiger partial charge in [-0.3, -0.25) is 20.4 Å². The molecule has 2 N–H and O–H groups in total. The molecule has 106 valence electrons. The summed E-state index contributed by atoms with van der Waals surface area (Å²) >= 11 is 0. The van der Waals surface area contributed by atoms with Gasteiger partial charge >= 0.3 is 5.97 Å². The van der Waals surface area contributed by atoms with E-state index in [9.17, 15) is 14.4 Å². The lowest BCUT2D eigenvalue weighted by Crippen LogP contribution is -2.44. The molecule has 0 unspecified atom stereocenters. The fourth-order valence-electron chi connectivity index (χ4n) is 1.97. The van der Waals surface area contributed by atoms with E-state index in [-0.39, 0.29) is 18.4 Å². The number of ether oxygens (including phenoxy) is 1. The lowest BCUT2D eigenvalue weighted by molar-refractivity contribution is -0.137. The predicted octanol–water partition coefficient (Wildman–Crippen LogP) is 0.833. The van der Waals surface area contributed by atoms with E-state index in [1.807, 2.05) is 0 Å². The molecular weight excluding hydrogens is 248 g/mol. The standard InChI is InChI=1S/C13H20N2O4/c1-2-19-12(17)9-8-11(16)14-15-13(18)10-6-4-3-5-7-10/h8-10H,2-7H2,1H3,(H,14,16)(H,15,18). The summed E-state index contributed by atoms with van der Waals surface area (Å²) in [5, 5.41) is 0. The second kappa shape index (κ2) is 8.29. The van der Waals surface area contributed by atoms with Crippen LogP contribution in [0.2, 0.25) is 0 Å². The minimum atomic E-state index is -0.587. The van der Waals surface area contributed by atoms with Gasteiger partial charge in [-0.25, -0.2) is 4.79 Å². The van der Waals surface area contributed by atoms with Gasteiger partial charge in [-0.15, -0.1) is 0 Å². The zero-order valence-corrected chi connectivity index (χ0v) is 11.1. The van der Waals surface area contributed by atoms with Crippen LogP contribution in [0.4, 0.5) is 0 Å². The molecule has 0 spiro atoms. The summed E-state index contributed by atoms with van der Waals surface area (Å²) in [6, 6.07) is 0. The molecule has 1 saturated carbocycles. The third kappa shape index (κ3) is 6.03. The van der Waals surface area contributed by atoms with Crippen LogP contribution in [-0.2, 0) is 19.1 Å². The molecule has 0 atom stereocenters. The zero-order valence-electron chi connectivity index (χ0n) is 11.1. The maximum atomic E-state index is 11.7. The van der Waals surface area contributed by atoms with Gasteiger partial charge < -0.3 is 4.74 Å². The monoisotopic (exact) mass is 268 g/mol. The Kier molecular flexibility index (Phi) is 6.63. The highest BCUT2D eigenvalue weighted by Gasteiger charge is 2.20. The van der Waals surface area contributed by atoms with Crippen molar-refractivity contribution >= 4 is 17.8 Å². The van der Waals surface area contributed by atoms with Gasteiger partial charge in [0.05, 0.1) is 6.61 Å². The SMILES string of the molecule is CCOC(=O)C=CC(=O)NNC(=O)C1CCCCC1. The van der Waals surface area contributed by atoms with Crippen molar-refractivity contribution < 1.29 is 19.1 Å². The van der Waals surface area contributed by atoms with Crippen molar-refractivity contribution in [3.05, 3.63) is 12.2 Å². The highest BCUT2D eigenvalue weighted by atomic mass is 16.5. The summed E-state index contributed by atoms with van der Waals surface area (Å²) in [6.07, 6.45) is 7.04. The Hall–Kier alpha value is -1.85. The van der Waals surface area contributed by atoms with Gasteiger partial charge in [0.1, 0.15) is 0 Å². The van der Waals surface area contributed by atoms with Crippen molar-refractivity contribution in [3.63, 3.8) is 0 Å². The number of nitrogens with one attached hydrogen (secondary N) is 2. The van der Waals surface area contributed by atoms with E-state index in [2.05, 4.69) is 15.6 Å². The fourth-order valence-corrected chi connectivity index (χ4v) is 1.97. The minimum absolute atomic E-state index is 0.0249. The van der Waals surface area contributed by atoms with E-state index in [1.165, 1.54) is 6.42 Å². The van der Waals surface area contributed by atoms with Crippen LogP contribution in [0.25, 0.3) is 0 Å². The molecule has 1 aliphatic rings. The molecule has 1 fully saturated rings. The Morgan fingerprint density at radius 1 is 1.11 bits per heavy atom. The summed E-state index contributed by atoms with van der Waals surface area (Å²) in [4.78, 5) is 34.0. The summed E-state index contributed by atoms with van der Waals surface area (Å²) in [7, 11) is 0. The van der Waals surface area contributed by atoms with Crippen molar-refractivity contribution in [3.8, 4) is 0 Å². The summed E-state index contributed by atoms with van der Waals surface area (Å²) in [5.74, 6) is -1.34. The third-order valence-corrected chi connectivity index (χ3v) is 2.94. The second-order valence-corrected chi connectivity index (χ2v) is 4.40. The summed E-state index contributed by atoms with van der Waals surface area (Å²) < 4.78 is 4.62. The Morgan fingerprint density at radius 3 is 2.42 bits per heavy atom. The quantitative estimate of drug-likeness (QED) is 0.449. The lowest BCUT2D eigenvalue weighted by atomic mass is 9.89. The Bertz CT molecular complexity index is 360. The van der Waals surface area contributed by atoms with Gasteiger partial charge in [-0.2, -0.15) is 0 Å². The molecule has 0 heterocycles. The van der Waals surface area contributed by atoms with Gasteiger partial charge in [0.2, 0.25) is 5.91 Å². The van der Waals surface area contributed by atoms with Crippen LogP contribution < -0.4 is 10.9 Å². The molecule has 0 aliphatic heterocycles. The van der Waals surface area contributed by atoms with Gasteiger partial charge in [0.25, 0.3) is 5.91 Å². The number of hydrogen-bond acceptors (Lipinski definition) is 4. The lowest BCUT2D eigenvalue weighted by Gasteiger charge is -2.20. The number of rotatable bonds is 4. The predicted molar refractivity (Wildman–Crippen MR) is 68.6 cm³/mol. The van der Waals surface area contributed by atoms with Gasteiger partial charge in [-0.1, -0.05) is 19.3 Å². The average molecular weight is 268 g/mol. The average Bonchev–Trinajstić information content (AvgIpc) is 2.44. The fraction of sp³-hybridized carbons (Fsp3) is 0.615. The van der Waals surface area contributed by atoms with E-state index >= 15 is 0 Å². The second-order valence-electron chi connectivity index (χ2n) is 4.40. The number of hydrogen-bond donors (Lipinski definition) is 2. The minimum Gasteiger partial charge on any atom is -0.463 e. The van der Waals surface area contributed by atoms with Crippen LogP contribution in [0, 0.1) is 5.92 Å². The van der Waals surface area contributed by atoms with Crippen molar-refractivity contribution in [2.24, 2.45) is 5.92 Å². The van der Waals surface area contributed by atoms with E-state index in [4.69, 9.17) is 0 Å². The number of carbonyl (C=O) groups excluding carboxylic acids is 3. The van der Waals surface area contributed by atoms with Crippen LogP contribution in [0.15, 0.2) is 12.2 Å². The van der Waals surface area contributed by atoms with Crippen LogP contribution in [0.5, 0.6) is 0 Å².